The van der Waals surface area contributed by atoms with E-state index >= 15 is 0 Å². The molecule has 2 aromatic carbocycles. The summed E-state index contributed by atoms with van der Waals surface area (Å²) in [6.45, 7) is 0.391. The lowest BCUT2D eigenvalue weighted by Crippen LogP contribution is -2.41. The van der Waals surface area contributed by atoms with Crippen molar-refractivity contribution in [1.82, 2.24) is 0 Å². The van der Waals surface area contributed by atoms with E-state index < -0.39 is 23.5 Å². The van der Waals surface area contributed by atoms with Crippen LogP contribution in [0.3, 0.4) is 0 Å². The molecule has 3 aliphatic rings. The van der Waals surface area contributed by atoms with Gasteiger partial charge in [0.25, 0.3) is 0 Å². The fourth-order valence-electron chi connectivity index (χ4n) is 4.68. The molecule has 0 aliphatic carbocycles. The summed E-state index contributed by atoms with van der Waals surface area (Å²) in [7, 11) is 3.19. The van der Waals surface area contributed by atoms with Crippen LogP contribution in [0.4, 0.5) is 11.4 Å². The molecule has 2 bridgehead atoms. The van der Waals surface area contributed by atoms with Gasteiger partial charge in [-0.1, -0.05) is 12.2 Å². The van der Waals surface area contributed by atoms with Crippen molar-refractivity contribution < 1.29 is 23.8 Å². The smallest absolute Gasteiger partial charge is 0.234 e. The van der Waals surface area contributed by atoms with E-state index in [1.165, 1.54) is 0 Å². The number of fused-ring (bicyclic) bond motifs is 1. The summed E-state index contributed by atoms with van der Waals surface area (Å²) in [4.78, 5) is 28.2. The highest BCUT2D eigenvalue weighted by Crippen LogP contribution is 2.52. The third-order valence-electron chi connectivity index (χ3n) is 6.14. The maximum absolute atomic E-state index is 13.4. The Balaban J connectivity index is 1.39. The molecular weight excluding hydrogens is 384 g/mol. The van der Waals surface area contributed by atoms with Crippen LogP contribution < -0.4 is 19.7 Å². The minimum atomic E-state index is -0.760. The summed E-state index contributed by atoms with van der Waals surface area (Å²) >= 11 is 0. The van der Waals surface area contributed by atoms with Crippen LogP contribution >= 0.6 is 0 Å². The molecule has 7 nitrogen and oxygen atoms in total. The molecule has 154 valence electrons. The first-order chi connectivity index (χ1) is 14.5. The van der Waals surface area contributed by atoms with Crippen LogP contribution in [-0.4, -0.2) is 44.3 Å². The third-order valence-corrected chi connectivity index (χ3v) is 6.14. The van der Waals surface area contributed by atoms with Crippen LogP contribution in [0.25, 0.3) is 0 Å². The monoisotopic (exact) mass is 406 g/mol. The van der Waals surface area contributed by atoms with Crippen molar-refractivity contribution in [3.63, 3.8) is 0 Å². The molecule has 7 heteroatoms. The third kappa shape index (κ3) is 2.77. The minimum Gasteiger partial charge on any atom is -0.497 e. The highest BCUT2D eigenvalue weighted by atomic mass is 16.5. The van der Waals surface area contributed by atoms with Gasteiger partial charge >= 0.3 is 0 Å². The normalized spacial score (nSPS) is 28.5. The van der Waals surface area contributed by atoms with E-state index in [-0.39, 0.29) is 11.8 Å². The summed E-state index contributed by atoms with van der Waals surface area (Å²) in [6, 6.07) is 14.4. The molecule has 2 amide bonds. The Morgan fingerprint density at radius 2 is 1.70 bits per heavy atom. The Morgan fingerprint density at radius 1 is 1.07 bits per heavy atom. The predicted octanol–water partition coefficient (Wildman–Crippen LogP) is 2.63. The molecule has 5 rings (SSSR count). The van der Waals surface area contributed by atoms with Gasteiger partial charge in [-0.25, -0.2) is 0 Å². The number of amides is 2. The number of carbonyl (C=O) groups excluding carboxylic acids is 2. The average Bonchev–Trinajstić information content (AvgIpc) is 3.42. The highest BCUT2D eigenvalue weighted by molar-refractivity contribution is 6.05. The number of hydrogen-bond acceptors (Lipinski definition) is 5. The average molecular weight is 406 g/mol. The molecule has 1 spiro atoms. The lowest BCUT2D eigenvalue weighted by molar-refractivity contribution is -0.128. The molecule has 3 heterocycles. The summed E-state index contributed by atoms with van der Waals surface area (Å²) in [5, 5.41) is 2.92. The number of benzene rings is 2. The van der Waals surface area contributed by atoms with Gasteiger partial charge in [-0.3, -0.25) is 9.59 Å². The molecule has 1 N–H and O–H groups in total. The molecule has 0 saturated carbocycles. The Hall–Kier alpha value is -3.32. The molecule has 2 aromatic rings. The summed E-state index contributed by atoms with van der Waals surface area (Å²) in [5.41, 5.74) is 0.655. The van der Waals surface area contributed by atoms with Gasteiger partial charge in [0.05, 0.1) is 38.7 Å². The first-order valence-corrected chi connectivity index (χ1v) is 9.82. The van der Waals surface area contributed by atoms with Crippen LogP contribution in [0.2, 0.25) is 0 Å². The second kappa shape index (κ2) is 6.88. The quantitative estimate of drug-likeness (QED) is 0.773. The van der Waals surface area contributed by atoms with Crippen LogP contribution in [0.1, 0.15) is 0 Å². The topological polar surface area (TPSA) is 77.1 Å². The zero-order valence-corrected chi connectivity index (χ0v) is 16.7. The maximum Gasteiger partial charge on any atom is 0.234 e. The molecule has 3 aliphatic heterocycles. The van der Waals surface area contributed by atoms with Gasteiger partial charge in [-0.05, 0) is 48.5 Å². The largest absolute Gasteiger partial charge is 0.497 e. The van der Waals surface area contributed by atoms with E-state index in [0.717, 1.165) is 11.4 Å². The van der Waals surface area contributed by atoms with E-state index in [4.69, 9.17) is 14.2 Å². The van der Waals surface area contributed by atoms with Crippen LogP contribution in [0.5, 0.6) is 11.5 Å². The van der Waals surface area contributed by atoms with Crippen LogP contribution in [0.15, 0.2) is 60.7 Å². The lowest BCUT2D eigenvalue weighted by atomic mass is 9.77. The predicted molar refractivity (Wildman–Crippen MR) is 111 cm³/mol. The van der Waals surface area contributed by atoms with Gasteiger partial charge in [0, 0.05) is 11.4 Å². The molecule has 4 atom stereocenters. The van der Waals surface area contributed by atoms with Crippen LogP contribution in [-0.2, 0) is 14.3 Å². The van der Waals surface area contributed by atoms with Gasteiger partial charge in [-0.15, -0.1) is 0 Å². The molecule has 2 fully saturated rings. The second-order valence-electron chi connectivity index (χ2n) is 7.74. The number of nitrogens with zero attached hydrogens (tertiary/aromatic N) is 1. The number of nitrogens with one attached hydrogen (secondary N) is 1. The number of ether oxygens (including phenoxy) is 3. The van der Waals surface area contributed by atoms with E-state index in [0.29, 0.717) is 18.0 Å². The number of carbonyl (C=O) groups is 2. The highest BCUT2D eigenvalue weighted by Gasteiger charge is 2.67. The Bertz CT molecular complexity index is 1020. The van der Waals surface area contributed by atoms with E-state index in [1.807, 2.05) is 36.4 Å². The first-order valence-electron chi connectivity index (χ1n) is 9.82. The van der Waals surface area contributed by atoms with Gasteiger partial charge in [0.1, 0.15) is 17.1 Å². The van der Waals surface area contributed by atoms with E-state index in [9.17, 15) is 9.59 Å². The van der Waals surface area contributed by atoms with Crippen molar-refractivity contribution in [2.24, 2.45) is 11.8 Å². The second-order valence-corrected chi connectivity index (χ2v) is 7.74. The minimum absolute atomic E-state index is 0.0955. The Morgan fingerprint density at radius 3 is 2.33 bits per heavy atom. The molecule has 1 unspecified atom stereocenters. The molecule has 0 aromatic heterocycles. The van der Waals surface area contributed by atoms with E-state index in [1.54, 1.807) is 43.4 Å². The molecule has 30 heavy (non-hydrogen) atoms. The molecular formula is C23H22N2O5. The number of methoxy groups -OCH3 is 2. The van der Waals surface area contributed by atoms with Gasteiger partial charge < -0.3 is 24.4 Å². The van der Waals surface area contributed by atoms with E-state index in [2.05, 4.69) is 5.32 Å². The van der Waals surface area contributed by atoms with Crippen molar-refractivity contribution in [3.8, 4) is 11.5 Å². The van der Waals surface area contributed by atoms with Gasteiger partial charge in [0.2, 0.25) is 11.8 Å². The number of anilines is 2. The zero-order valence-electron chi connectivity index (χ0n) is 16.7. The Labute approximate surface area is 174 Å². The number of rotatable bonds is 5. The maximum atomic E-state index is 13.4. The fraction of sp³-hybridized carbons (Fsp3) is 0.304. The summed E-state index contributed by atoms with van der Waals surface area (Å²) in [5.74, 6) is -0.00857. The van der Waals surface area contributed by atoms with Crippen molar-refractivity contribution in [2.45, 2.75) is 11.7 Å². The molecule has 0 radical (unpaired) electrons. The summed E-state index contributed by atoms with van der Waals surface area (Å²) in [6.07, 6.45) is 3.45. The van der Waals surface area contributed by atoms with Crippen molar-refractivity contribution >= 4 is 23.2 Å². The Kier molecular flexibility index (Phi) is 4.29. The van der Waals surface area contributed by atoms with Crippen molar-refractivity contribution in [1.29, 1.82) is 0 Å². The first kappa shape index (κ1) is 18.7. The zero-order chi connectivity index (χ0) is 20.9. The standard InChI is InChI=1S/C23H22N2O5/c1-28-16-7-3-14(4-8-16)24-21(26)19-18-11-12-23(30-18)13-25(22(27)20(19)23)15-5-9-17(29-2)10-6-15/h3-12,18-20H,13H2,1-2H3,(H,24,26)/t18-,19?,20-,23-/m1/s1. The van der Waals surface area contributed by atoms with Crippen LogP contribution in [0, 0.1) is 11.8 Å². The van der Waals surface area contributed by atoms with Gasteiger partial charge in [-0.2, -0.15) is 0 Å². The van der Waals surface area contributed by atoms with Crippen molar-refractivity contribution in [2.75, 3.05) is 31.0 Å². The SMILES string of the molecule is COc1ccc(NC(=O)C2[C@H]3C=C[C@]4(CN(c5ccc(OC)cc5)C(=O)[C@@H]24)O3)cc1. The summed E-state index contributed by atoms with van der Waals surface area (Å²) < 4.78 is 16.5. The number of hydrogen-bond donors (Lipinski definition) is 1. The fourth-order valence-corrected chi connectivity index (χ4v) is 4.68. The van der Waals surface area contributed by atoms with Crippen molar-refractivity contribution in [3.05, 3.63) is 60.7 Å². The van der Waals surface area contributed by atoms with Gasteiger partial charge in [0.15, 0.2) is 0 Å². The molecule has 2 saturated heterocycles. The lowest BCUT2D eigenvalue weighted by Gasteiger charge is -2.23.